The molecule has 0 heterocycles. The van der Waals surface area contributed by atoms with E-state index in [1.54, 1.807) is 12.3 Å². The van der Waals surface area contributed by atoms with Crippen LogP contribution in [0.1, 0.15) is 22.3 Å². The predicted molar refractivity (Wildman–Crippen MR) is 116 cm³/mol. The molecule has 0 fully saturated rings. The maximum Gasteiger partial charge on any atom is 0.142 e. The zero-order valence-corrected chi connectivity index (χ0v) is 18.1. The van der Waals surface area contributed by atoms with Crippen LogP contribution in [-0.4, -0.2) is 6.21 Å². The average Bonchev–Trinajstić information content (AvgIpc) is 2.61. The van der Waals surface area contributed by atoms with Crippen molar-refractivity contribution in [1.82, 2.24) is 0 Å². The molecule has 0 radical (unpaired) electrons. The molecule has 2 nitrogen and oxygen atoms in total. The van der Waals surface area contributed by atoms with Crippen molar-refractivity contribution >= 4 is 43.8 Å². The molecule has 0 aliphatic carbocycles. The smallest absolute Gasteiger partial charge is 0.142 e. The molecule has 3 aromatic carbocycles. The summed E-state index contributed by atoms with van der Waals surface area (Å²) in [4.78, 5) is 4.64. The lowest BCUT2D eigenvalue weighted by atomic mass is 10.1. The lowest BCUT2D eigenvalue weighted by Crippen LogP contribution is -2.00. The van der Waals surface area contributed by atoms with Gasteiger partial charge in [0.2, 0.25) is 0 Å². The lowest BCUT2D eigenvalue weighted by molar-refractivity contribution is 0.303. The summed E-state index contributed by atoms with van der Waals surface area (Å²) in [5.74, 6) is 0.388. The first-order valence-corrected chi connectivity index (χ1v) is 9.98. The van der Waals surface area contributed by atoms with Crippen LogP contribution in [0.4, 0.5) is 10.1 Å². The highest BCUT2D eigenvalue weighted by Gasteiger charge is 2.10. The second-order valence-electron chi connectivity index (χ2n) is 6.27. The van der Waals surface area contributed by atoms with Crippen molar-refractivity contribution in [3.63, 3.8) is 0 Å². The quantitative estimate of drug-likeness (QED) is 0.344. The molecule has 0 bridgehead atoms. The van der Waals surface area contributed by atoms with Crippen molar-refractivity contribution in [3.8, 4) is 5.75 Å². The van der Waals surface area contributed by atoms with E-state index in [1.807, 2.05) is 38.1 Å². The van der Waals surface area contributed by atoms with E-state index in [1.165, 1.54) is 12.1 Å². The minimum atomic E-state index is -0.275. The molecular weight excluding hydrogens is 473 g/mol. The largest absolute Gasteiger partial charge is 0.487 e. The number of hydrogen-bond acceptors (Lipinski definition) is 2. The number of aliphatic imine (C=N–C) groups is 1. The number of rotatable bonds is 5. The number of hydrogen-bond donors (Lipinski definition) is 0. The standard InChI is InChI=1S/C22H18Br2FNO/c1-14-6-7-15(2)21(8-14)26-12-17-10-18(23)11-20(24)22(17)27-13-16-4-3-5-19(25)9-16/h3-12H,13H2,1-2H3. The lowest BCUT2D eigenvalue weighted by Gasteiger charge is -2.12. The summed E-state index contributed by atoms with van der Waals surface area (Å²) in [5.41, 5.74) is 4.77. The second-order valence-corrected chi connectivity index (χ2v) is 8.04. The molecule has 0 amide bonds. The fraction of sp³-hybridized carbons (Fsp3) is 0.136. The molecule has 3 aromatic rings. The molecule has 138 valence electrons. The first kappa shape index (κ1) is 19.8. The van der Waals surface area contributed by atoms with E-state index in [9.17, 15) is 4.39 Å². The molecule has 0 N–H and O–H groups in total. The Balaban J connectivity index is 1.90. The van der Waals surface area contributed by atoms with E-state index in [0.717, 1.165) is 36.9 Å². The van der Waals surface area contributed by atoms with Gasteiger partial charge in [-0.1, -0.05) is 40.2 Å². The van der Waals surface area contributed by atoms with Gasteiger partial charge in [-0.05, 0) is 76.8 Å². The van der Waals surface area contributed by atoms with E-state index in [0.29, 0.717) is 5.75 Å². The van der Waals surface area contributed by atoms with Crippen LogP contribution >= 0.6 is 31.9 Å². The van der Waals surface area contributed by atoms with Crippen LogP contribution in [0.25, 0.3) is 0 Å². The SMILES string of the molecule is Cc1ccc(C)c(N=Cc2cc(Br)cc(Br)c2OCc2cccc(F)c2)c1. The van der Waals surface area contributed by atoms with Gasteiger partial charge >= 0.3 is 0 Å². The first-order chi connectivity index (χ1) is 12.9. The van der Waals surface area contributed by atoms with Crippen LogP contribution in [0, 0.1) is 19.7 Å². The average molecular weight is 491 g/mol. The van der Waals surface area contributed by atoms with Crippen molar-refractivity contribution in [3.05, 3.63) is 91.6 Å². The van der Waals surface area contributed by atoms with Gasteiger partial charge in [-0.15, -0.1) is 0 Å². The molecule has 27 heavy (non-hydrogen) atoms. The molecule has 0 aliphatic rings. The van der Waals surface area contributed by atoms with Gasteiger partial charge in [0.1, 0.15) is 18.2 Å². The predicted octanol–water partition coefficient (Wildman–Crippen LogP) is 7.30. The highest BCUT2D eigenvalue weighted by molar-refractivity contribution is 9.11. The third kappa shape index (κ3) is 5.27. The first-order valence-electron chi connectivity index (χ1n) is 8.40. The van der Waals surface area contributed by atoms with Gasteiger partial charge in [0, 0.05) is 16.3 Å². The highest BCUT2D eigenvalue weighted by atomic mass is 79.9. The summed E-state index contributed by atoms with van der Waals surface area (Å²) in [5, 5.41) is 0. The van der Waals surface area contributed by atoms with Crippen molar-refractivity contribution in [2.24, 2.45) is 4.99 Å². The molecule has 3 rings (SSSR count). The fourth-order valence-corrected chi connectivity index (χ4v) is 3.98. The summed E-state index contributed by atoms with van der Waals surface area (Å²) >= 11 is 7.06. The zero-order valence-electron chi connectivity index (χ0n) is 15.0. The van der Waals surface area contributed by atoms with Gasteiger partial charge in [0.25, 0.3) is 0 Å². The van der Waals surface area contributed by atoms with Crippen LogP contribution < -0.4 is 4.74 Å². The maximum atomic E-state index is 13.4. The number of nitrogens with zero attached hydrogens (tertiary/aromatic N) is 1. The maximum absolute atomic E-state index is 13.4. The third-order valence-electron chi connectivity index (χ3n) is 4.02. The van der Waals surface area contributed by atoms with Crippen LogP contribution in [0.5, 0.6) is 5.75 Å². The van der Waals surface area contributed by atoms with Gasteiger partial charge < -0.3 is 4.74 Å². The van der Waals surface area contributed by atoms with Crippen LogP contribution in [-0.2, 0) is 6.61 Å². The van der Waals surface area contributed by atoms with Crippen molar-refractivity contribution in [1.29, 1.82) is 0 Å². The zero-order chi connectivity index (χ0) is 19.4. The number of ether oxygens (including phenoxy) is 1. The van der Waals surface area contributed by atoms with Crippen molar-refractivity contribution in [2.45, 2.75) is 20.5 Å². The minimum absolute atomic E-state index is 0.266. The summed E-state index contributed by atoms with van der Waals surface area (Å²) < 4.78 is 21.1. The van der Waals surface area contributed by atoms with E-state index >= 15 is 0 Å². The van der Waals surface area contributed by atoms with Crippen molar-refractivity contribution in [2.75, 3.05) is 0 Å². The van der Waals surface area contributed by atoms with Gasteiger partial charge in [-0.3, -0.25) is 4.99 Å². The Kier molecular flexibility index (Phi) is 6.45. The summed E-state index contributed by atoms with van der Waals surface area (Å²) in [6.45, 7) is 4.34. The fourth-order valence-electron chi connectivity index (χ4n) is 2.61. The van der Waals surface area contributed by atoms with Gasteiger partial charge in [-0.2, -0.15) is 0 Å². The molecule has 0 aromatic heterocycles. The summed E-state index contributed by atoms with van der Waals surface area (Å²) in [7, 11) is 0. The Morgan fingerprint density at radius 2 is 1.85 bits per heavy atom. The monoisotopic (exact) mass is 489 g/mol. The number of benzene rings is 3. The van der Waals surface area contributed by atoms with Crippen LogP contribution in [0.3, 0.4) is 0 Å². The van der Waals surface area contributed by atoms with Gasteiger partial charge in [-0.25, -0.2) is 4.39 Å². The Morgan fingerprint density at radius 1 is 1.04 bits per heavy atom. The van der Waals surface area contributed by atoms with E-state index in [2.05, 4.69) is 49.0 Å². The topological polar surface area (TPSA) is 21.6 Å². The molecule has 0 saturated carbocycles. The Hall–Kier alpha value is -1.98. The second kappa shape index (κ2) is 8.81. The Bertz CT molecular complexity index is 1000. The normalized spacial score (nSPS) is 11.1. The van der Waals surface area contributed by atoms with Crippen LogP contribution in [0.15, 0.2) is 68.5 Å². The molecule has 5 heteroatoms. The van der Waals surface area contributed by atoms with Gasteiger partial charge in [0.05, 0.1) is 10.2 Å². The molecular formula is C22H18Br2FNO. The molecule has 0 unspecified atom stereocenters. The summed E-state index contributed by atoms with van der Waals surface area (Å²) in [6.07, 6.45) is 1.79. The Morgan fingerprint density at radius 3 is 2.63 bits per heavy atom. The highest BCUT2D eigenvalue weighted by Crippen LogP contribution is 2.33. The van der Waals surface area contributed by atoms with E-state index in [4.69, 9.17) is 4.74 Å². The molecule has 0 spiro atoms. The molecule has 0 saturated heterocycles. The number of halogens is 3. The van der Waals surface area contributed by atoms with Crippen LogP contribution in [0.2, 0.25) is 0 Å². The van der Waals surface area contributed by atoms with Gasteiger partial charge in [0.15, 0.2) is 0 Å². The van der Waals surface area contributed by atoms with E-state index in [-0.39, 0.29) is 12.4 Å². The third-order valence-corrected chi connectivity index (χ3v) is 5.06. The minimum Gasteiger partial charge on any atom is -0.487 e. The Labute approximate surface area is 175 Å². The van der Waals surface area contributed by atoms with E-state index < -0.39 is 0 Å². The van der Waals surface area contributed by atoms with Crippen molar-refractivity contribution < 1.29 is 9.13 Å². The number of aryl methyl sites for hydroxylation is 2. The molecule has 0 atom stereocenters. The summed E-state index contributed by atoms with van der Waals surface area (Å²) in [6, 6.07) is 16.4. The molecule has 0 aliphatic heterocycles.